The van der Waals surface area contributed by atoms with Gasteiger partial charge in [-0.3, -0.25) is 4.98 Å². The Kier molecular flexibility index (Phi) is 2.30. The Morgan fingerprint density at radius 2 is 2.33 bits per heavy atom. The molecule has 1 aromatic heterocycles. The van der Waals surface area contributed by atoms with Crippen LogP contribution in [-0.4, -0.2) is 21.8 Å². The molecule has 4 nitrogen and oxygen atoms in total. The van der Waals surface area contributed by atoms with Crippen molar-refractivity contribution in [1.29, 1.82) is 0 Å². The van der Waals surface area contributed by atoms with Crippen molar-refractivity contribution >= 4 is 0 Å². The first-order valence-corrected chi connectivity index (χ1v) is 3.62. The summed E-state index contributed by atoms with van der Waals surface area (Å²) in [6.45, 7) is 1.35. The SMILES string of the molecule is CC(N)(CO)c1ncccc1O. The third-order valence-corrected chi connectivity index (χ3v) is 1.66. The number of aliphatic hydroxyl groups is 1. The molecule has 4 N–H and O–H groups in total. The van der Waals surface area contributed by atoms with Crippen LogP contribution in [0.5, 0.6) is 5.75 Å². The average Bonchev–Trinajstić information content (AvgIpc) is 2.05. The lowest BCUT2D eigenvalue weighted by molar-refractivity contribution is 0.203. The summed E-state index contributed by atoms with van der Waals surface area (Å²) in [5.41, 5.74) is 5.00. The van der Waals surface area contributed by atoms with Crippen LogP contribution in [0.1, 0.15) is 12.6 Å². The number of aromatic hydroxyl groups is 1. The van der Waals surface area contributed by atoms with E-state index >= 15 is 0 Å². The van der Waals surface area contributed by atoms with Crippen LogP contribution in [0.2, 0.25) is 0 Å². The molecule has 1 rings (SSSR count). The molecule has 0 aliphatic carbocycles. The maximum absolute atomic E-state index is 9.32. The Morgan fingerprint density at radius 1 is 1.67 bits per heavy atom. The van der Waals surface area contributed by atoms with E-state index in [0.29, 0.717) is 5.69 Å². The molecule has 1 heterocycles. The third kappa shape index (κ3) is 1.54. The number of hydrogen-bond acceptors (Lipinski definition) is 4. The predicted molar refractivity (Wildman–Crippen MR) is 44.5 cm³/mol. The lowest BCUT2D eigenvalue weighted by atomic mass is 9.99. The van der Waals surface area contributed by atoms with Crippen LogP contribution in [-0.2, 0) is 5.54 Å². The summed E-state index contributed by atoms with van der Waals surface area (Å²) >= 11 is 0. The zero-order valence-corrected chi connectivity index (χ0v) is 6.86. The third-order valence-electron chi connectivity index (χ3n) is 1.66. The van der Waals surface area contributed by atoms with Gasteiger partial charge in [-0.2, -0.15) is 0 Å². The van der Waals surface area contributed by atoms with Crippen molar-refractivity contribution in [2.75, 3.05) is 6.61 Å². The van der Waals surface area contributed by atoms with E-state index in [0.717, 1.165) is 0 Å². The van der Waals surface area contributed by atoms with Gasteiger partial charge in [0.1, 0.15) is 11.4 Å². The Labute approximate surface area is 70.7 Å². The first-order chi connectivity index (χ1) is 5.58. The molecule has 0 saturated heterocycles. The summed E-state index contributed by atoms with van der Waals surface area (Å²) in [5.74, 6) is 0.0107. The molecule has 1 atom stereocenters. The molecular formula is C8H12N2O2. The quantitative estimate of drug-likeness (QED) is 0.578. The second kappa shape index (κ2) is 3.08. The van der Waals surface area contributed by atoms with Gasteiger partial charge < -0.3 is 15.9 Å². The number of nitrogens with zero attached hydrogens (tertiary/aromatic N) is 1. The second-order valence-electron chi connectivity index (χ2n) is 2.95. The van der Waals surface area contributed by atoms with E-state index in [1.165, 1.54) is 12.3 Å². The zero-order chi connectivity index (χ0) is 9.19. The van der Waals surface area contributed by atoms with Crippen molar-refractivity contribution in [2.45, 2.75) is 12.5 Å². The Morgan fingerprint density at radius 3 is 2.83 bits per heavy atom. The smallest absolute Gasteiger partial charge is 0.139 e. The first kappa shape index (κ1) is 8.96. The van der Waals surface area contributed by atoms with Crippen molar-refractivity contribution in [3.63, 3.8) is 0 Å². The van der Waals surface area contributed by atoms with E-state index in [2.05, 4.69) is 4.98 Å². The lowest BCUT2D eigenvalue weighted by Gasteiger charge is -2.21. The minimum absolute atomic E-state index is 0.0107. The first-order valence-electron chi connectivity index (χ1n) is 3.62. The molecule has 0 spiro atoms. The normalized spacial score (nSPS) is 15.6. The van der Waals surface area contributed by atoms with E-state index in [1.807, 2.05) is 0 Å². The largest absolute Gasteiger partial charge is 0.506 e. The monoisotopic (exact) mass is 168 g/mol. The van der Waals surface area contributed by atoms with Gasteiger partial charge in [-0.1, -0.05) is 0 Å². The molecule has 0 aromatic carbocycles. The van der Waals surface area contributed by atoms with E-state index in [-0.39, 0.29) is 12.4 Å². The molecule has 0 aliphatic heterocycles. The van der Waals surface area contributed by atoms with Gasteiger partial charge in [-0.05, 0) is 19.1 Å². The average molecular weight is 168 g/mol. The minimum Gasteiger partial charge on any atom is -0.506 e. The van der Waals surface area contributed by atoms with Crippen molar-refractivity contribution in [3.8, 4) is 5.75 Å². The molecule has 0 fully saturated rings. The van der Waals surface area contributed by atoms with Gasteiger partial charge in [0, 0.05) is 6.20 Å². The van der Waals surface area contributed by atoms with Gasteiger partial charge in [0.05, 0.1) is 12.1 Å². The summed E-state index contributed by atoms with van der Waals surface area (Å²) in [5, 5.41) is 18.2. The second-order valence-corrected chi connectivity index (χ2v) is 2.95. The Hall–Kier alpha value is -1.13. The Bertz CT molecular complexity index is 274. The highest BCUT2D eigenvalue weighted by Crippen LogP contribution is 2.23. The van der Waals surface area contributed by atoms with E-state index in [1.54, 1.807) is 13.0 Å². The minimum atomic E-state index is -0.981. The maximum atomic E-state index is 9.32. The van der Waals surface area contributed by atoms with Crippen LogP contribution < -0.4 is 5.73 Å². The molecule has 4 heteroatoms. The van der Waals surface area contributed by atoms with Gasteiger partial charge in [-0.15, -0.1) is 0 Å². The molecular weight excluding hydrogens is 156 g/mol. The summed E-state index contributed by atoms with van der Waals surface area (Å²) in [6, 6.07) is 3.09. The van der Waals surface area contributed by atoms with Crippen molar-refractivity contribution in [1.82, 2.24) is 4.98 Å². The fraction of sp³-hybridized carbons (Fsp3) is 0.375. The van der Waals surface area contributed by atoms with Crippen molar-refractivity contribution in [2.24, 2.45) is 5.73 Å². The maximum Gasteiger partial charge on any atom is 0.139 e. The van der Waals surface area contributed by atoms with Gasteiger partial charge in [-0.25, -0.2) is 0 Å². The van der Waals surface area contributed by atoms with E-state index < -0.39 is 5.54 Å². The summed E-state index contributed by atoms with van der Waals surface area (Å²) in [7, 11) is 0. The van der Waals surface area contributed by atoms with E-state index in [4.69, 9.17) is 10.8 Å². The highest BCUT2D eigenvalue weighted by Gasteiger charge is 2.24. The molecule has 0 radical (unpaired) electrons. The van der Waals surface area contributed by atoms with Crippen LogP contribution in [0.3, 0.4) is 0 Å². The topological polar surface area (TPSA) is 79.4 Å². The fourth-order valence-electron chi connectivity index (χ4n) is 0.912. The number of aromatic nitrogens is 1. The molecule has 66 valence electrons. The van der Waals surface area contributed by atoms with Crippen molar-refractivity contribution < 1.29 is 10.2 Å². The highest BCUT2D eigenvalue weighted by atomic mass is 16.3. The number of hydrogen-bond donors (Lipinski definition) is 3. The number of aliphatic hydroxyl groups excluding tert-OH is 1. The molecule has 1 aromatic rings. The molecule has 1 unspecified atom stereocenters. The standard InChI is InChI=1S/C8H12N2O2/c1-8(9,5-11)7-6(12)3-2-4-10-7/h2-4,11-12H,5,9H2,1H3. The summed E-state index contributed by atoms with van der Waals surface area (Å²) in [6.07, 6.45) is 1.52. The van der Waals surface area contributed by atoms with Crippen molar-refractivity contribution in [3.05, 3.63) is 24.0 Å². The highest BCUT2D eigenvalue weighted by molar-refractivity contribution is 5.30. The molecule has 0 amide bonds. The van der Waals surface area contributed by atoms with Gasteiger partial charge in [0.2, 0.25) is 0 Å². The summed E-state index contributed by atoms with van der Waals surface area (Å²) < 4.78 is 0. The fourth-order valence-corrected chi connectivity index (χ4v) is 0.912. The Balaban J connectivity index is 3.10. The van der Waals surface area contributed by atoms with Crippen LogP contribution in [0.15, 0.2) is 18.3 Å². The van der Waals surface area contributed by atoms with Gasteiger partial charge in [0.25, 0.3) is 0 Å². The lowest BCUT2D eigenvalue weighted by Crippen LogP contribution is -2.37. The molecule has 0 aliphatic rings. The van der Waals surface area contributed by atoms with E-state index in [9.17, 15) is 5.11 Å². The van der Waals surface area contributed by atoms with Crippen LogP contribution in [0.4, 0.5) is 0 Å². The predicted octanol–water partition coefficient (Wildman–Crippen LogP) is -0.0466. The number of nitrogens with two attached hydrogens (primary N) is 1. The van der Waals surface area contributed by atoms with Gasteiger partial charge >= 0.3 is 0 Å². The van der Waals surface area contributed by atoms with Crippen LogP contribution in [0, 0.1) is 0 Å². The zero-order valence-electron chi connectivity index (χ0n) is 6.86. The molecule has 0 saturated carbocycles. The number of rotatable bonds is 2. The molecule has 12 heavy (non-hydrogen) atoms. The molecule has 0 bridgehead atoms. The summed E-state index contributed by atoms with van der Waals surface area (Å²) in [4.78, 5) is 3.89. The van der Waals surface area contributed by atoms with Crippen LogP contribution >= 0.6 is 0 Å². The van der Waals surface area contributed by atoms with Crippen LogP contribution in [0.25, 0.3) is 0 Å². The number of pyridine rings is 1. The van der Waals surface area contributed by atoms with Gasteiger partial charge in [0.15, 0.2) is 0 Å².